The highest BCUT2D eigenvalue weighted by molar-refractivity contribution is 5.92. The highest BCUT2D eigenvalue weighted by Crippen LogP contribution is 2.16. The van der Waals surface area contributed by atoms with E-state index in [9.17, 15) is 19.3 Å². The van der Waals surface area contributed by atoms with Crippen LogP contribution in [0.2, 0.25) is 0 Å². The van der Waals surface area contributed by atoms with Gasteiger partial charge in [-0.15, -0.1) is 4.91 Å². The van der Waals surface area contributed by atoms with Crippen LogP contribution in [0.3, 0.4) is 0 Å². The van der Waals surface area contributed by atoms with E-state index in [-0.39, 0.29) is 25.5 Å². The zero-order chi connectivity index (χ0) is 25.9. The number of nitrogens with zero attached hydrogens (tertiary/aromatic N) is 1. The number of rotatable bonds is 10. The van der Waals surface area contributed by atoms with Gasteiger partial charge in [0.25, 0.3) is 0 Å². The van der Waals surface area contributed by atoms with Crippen LogP contribution < -0.4 is 15.4 Å². The van der Waals surface area contributed by atoms with E-state index in [0.29, 0.717) is 17.0 Å². The highest BCUT2D eigenvalue weighted by Gasteiger charge is 2.23. The van der Waals surface area contributed by atoms with Crippen molar-refractivity contribution >= 4 is 23.6 Å². The average Bonchev–Trinajstić information content (AvgIpc) is 2.88. The first kappa shape index (κ1) is 26.1. The Morgan fingerprint density at radius 2 is 1.56 bits per heavy atom. The van der Waals surface area contributed by atoms with Crippen molar-refractivity contribution in [2.45, 2.75) is 32.9 Å². The average molecular weight is 490 g/mol. The molecule has 3 aromatic carbocycles. The van der Waals surface area contributed by atoms with Crippen molar-refractivity contribution in [1.29, 1.82) is 0 Å². The summed E-state index contributed by atoms with van der Waals surface area (Å²) in [6.07, 6.45) is -0.644. The topological polar surface area (TPSA) is 123 Å². The Bertz CT molecular complexity index is 1210. The number of hydrogen-bond acceptors (Lipinski definition) is 6. The number of carbonyl (C=O) groups excluding carboxylic acids is 3. The molecule has 0 aliphatic carbocycles. The third-order valence-electron chi connectivity index (χ3n) is 5.27. The Morgan fingerprint density at radius 1 is 0.889 bits per heavy atom. The lowest BCUT2D eigenvalue weighted by molar-refractivity contribution is -0.120. The summed E-state index contributed by atoms with van der Waals surface area (Å²) in [5, 5.41) is 7.51. The van der Waals surface area contributed by atoms with Crippen molar-refractivity contribution < 1.29 is 23.9 Å². The van der Waals surface area contributed by atoms with Crippen molar-refractivity contribution in [2.24, 2.45) is 5.18 Å². The molecule has 0 aliphatic rings. The van der Waals surface area contributed by atoms with E-state index in [1.54, 1.807) is 36.4 Å². The Kier molecular flexibility index (Phi) is 9.27. The fourth-order valence-electron chi connectivity index (χ4n) is 3.24. The molecule has 1 atom stereocenters. The number of benzene rings is 3. The molecule has 9 heteroatoms. The molecule has 3 rings (SSSR count). The van der Waals surface area contributed by atoms with Gasteiger partial charge in [0.05, 0.1) is 6.42 Å². The maximum atomic E-state index is 12.3. The maximum Gasteiger partial charge on any atom is 0.408 e. The zero-order valence-electron chi connectivity index (χ0n) is 20.0. The molecule has 0 aromatic heterocycles. The summed E-state index contributed by atoms with van der Waals surface area (Å²) in [5.41, 5.74) is 4.15. The molecule has 0 unspecified atom stereocenters. The van der Waals surface area contributed by atoms with Crippen LogP contribution in [-0.4, -0.2) is 30.6 Å². The first-order valence-corrected chi connectivity index (χ1v) is 11.3. The molecule has 0 saturated heterocycles. The molecule has 0 fully saturated rings. The molecule has 36 heavy (non-hydrogen) atoms. The highest BCUT2D eigenvalue weighted by atomic mass is 16.5. The third kappa shape index (κ3) is 8.05. The lowest BCUT2D eigenvalue weighted by Crippen LogP contribution is -2.44. The van der Waals surface area contributed by atoms with Gasteiger partial charge in [-0.1, -0.05) is 60.2 Å². The van der Waals surface area contributed by atoms with Gasteiger partial charge < -0.3 is 20.1 Å². The first-order valence-electron chi connectivity index (χ1n) is 11.3. The summed E-state index contributed by atoms with van der Waals surface area (Å²) in [6.45, 7) is 3.45. The van der Waals surface area contributed by atoms with E-state index in [1.165, 1.54) is 0 Å². The van der Waals surface area contributed by atoms with E-state index in [2.05, 4.69) is 15.8 Å². The van der Waals surface area contributed by atoms with Crippen LogP contribution in [0.1, 0.15) is 22.3 Å². The number of hydrogen-bond donors (Lipinski definition) is 2. The van der Waals surface area contributed by atoms with Crippen LogP contribution in [0, 0.1) is 18.8 Å². The number of alkyl carbamates (subject to hydrolysis) is 1. The van der Waals surface area contributed by atoms with Gasteiger partial charge in [-0.3, -0.25) is 9.59 Å². The summed E-state index contributed by atoms with van der Waals surface area (Å²) in [4.78, 5) is 47.0. The van der Waals surface area contributed by atoms with Gasteiger partial charge >= 0.3 is 12.0 Å². The maximum absolute atomic E-state index is 12.3. The lowest BCUT2D eigenvalue weighted by Gasteiger charge is -2.16. The summed E-state index contributed by atoms with van der Waals surface area (Å²) >= 11 is 0. The monoisotopic (exact) mass is 489 g/mol. The normalized spacial score (nSPS) is 11.2. The van der Waals surface area contributed by atoms with Crippen LogP contribution in [0.4, 0.5) is 10.5 Å². The predicted molar refractivity (Wildman–Crippen MR) is 135 cm³/mol. The second kappa shape index (κ2) is 12.8. The Morgan fingerprint density at radius 3 is 2.22 bits per heavy atom. The van der Waals surface area contributed by atoms with E-state index in [0.717, 1.165) is 16.7 Å². The van der Waals surface area contributed by atoms with Crippen LogP contribution in [0.15, 0.2) is 78.0 Å². The van der Waals surface area contributed by atoms with Gasteiger partial charge in [0.1, 0.15) is 19.0 Å². The molecule has 0 heterocycles. The molecule has 9 nitrogen and oxygen atoms in total. The van der Waals surface area contributed by atoms with E-state index < -0.39 is 18.0 Å². The Labute approximate surface area is 208 Å². The number of nitrogens with one attached hydrogen (secondary N) is 2. The number of amides is 3. The Balaban J connectivity index is 1.47. The minimum atomic E-state index is -1.29. The molecule has 186 valence electrons. The zero-order valence-corrected chi connectivity index (χ0v) is 20.0. The molecular formula is C27H27N3O6. The van der Waals surface area contributed by atoms with Crippen LogP contribution in [0.5, 0.6) is 5.75 Å². The van der Waals surface area contributed by atoms with Gasteiger partial charge in [-0.05, 0) is 48.7 Å². The van der Waals surface area contributed by atoms with Crippen molar-refractivity contribution in [2.75, 3.05) is 11.9 Å². The molecular weight excluding hydrogens is 462 g/mol. The molecule has 3 aromatic rings. The summed E-state index contributed by atoms with van der Waals surface area (Å²) < 4.78 is 10.7. The van der Waals surface area contributed by atoms with Crippen molar-refractivity contribution in [3.63, 3.8) is 0 Å². The third-order valence-corrected chi connectivity index (χ3v) is 5.27. The first-order chi connectivity index (χ1) is 17.3. The number of carbonyl (C=O) groups is 3. The molecule has 0 aliphatic heterocycles. The number of aryl methyl sites for hydroxylation is 2. The van der Waals surface area contributed by atoms with Crippen LogP contribution >= 0.6 is 0 Å². The van der Waals surface area contributed by atoms with Crippen LogP contribution in [0.25, 0.3) is 0 Å². The molecule has 2 N–H and O–H groups in total. The summed E-state index contributed by atoms with van der Waals surface area (Å²) in [7, 11) is 0. The summed E-state index contributed by atoms with van der Waals surface area (Å²) in [5.74, 6) is -0.705. The quantitative estimate of drug-likeness (QED) is 0.406. The van der Waals surface area contributed by atoms with E-state index >= 15 is 0 Å². The minimum absolute atomic E-state index is 0.0858. The lowest BCUT2D eigenvalue weighted by atomic mass is 10.1. The van der Waals surface area contributed by atoms with E-state index in [1.807, 2.05) is 50.2 Å². The van der Waals surface area contributed by atoms with Gasteiger partial charge in [0, 0.05) is 10.9 Å². The largest absolute Gasteiger partial charge is 0.491 e. The SMILES string of the molecule is Cc1ccc(CC(=O)Nc2ccc(COC(=O)N[C@@H](COc3ccccc3C)C(=O)N=O)cc2)cc1. The second-order valence-electron chi connectivity index (χ2n) is 8.19. The van der Waals surface area contributed by atoms with Crippen LogP contribution in [-0.2, 0) is 27.4 Å². The van der Waals surface area contributed by atoms with E-state index in [4.69, 9.17) is 9.47 Å². The second-order valence-corrected chi connectivity index (χ2v) is 8.19. The summed E-state index contributed by atoms with van der Waals surface area (Å²) in [6, 6.07) is 20.4. The van der Waals surface area contributed by atoms with Gasteiger partial charge in [-0.25, -0.2) is 4.79 Å². The van der Waals surface area contributed by atoms with Gasteiger partial charge in [0.15, 0.2) is 6.04 Å². The van der Waals surface area contributed by atoms with Crippen molar-refractivity contribution in [3.8, 4) is 5.75 Å². The molecule has 0 bridgehead atoms. The molecule has 0 saturated carbocycles. The van der Waals surface area contributed by atoms with Crippen molar-refractivity contribution in [3.05, 3.63) is 100.0 Å². The number of para-hydroxylation sites is 1. The Hall–Kier alpha value is -4.53. The fourth-order valence-corrected chi connectivity index (χ4v) is 3.24. The predicted octanol–water partition coefficient (Wildman–Crippen LogP) is 4.45. The minimum Gasteiger partial charge on any atom is -0.491 e. The molecule has 3 amide bonds. The number of anilines is 1. The standard InChI is InChI=1S/C27H27N3O6/c1-18-7-9-20(10-8-18)15-25(31)28-22-13-11-21(12-14-22)16-36-27(33)29-23(26(32)30-34)17-35-24-6-4-3-5-19(24)2/h3-14,23H,15-17H2,1-2H3,(H,28,31)(H,29,33)/t23-/m0/s1. The van der Waals surface area contributed by atoms with Gasteiger partial charge in [-0.2, -0.15) is 0 Å². The van der Waals surface area contributed by atoms with Crippen molar-refractivity contribution in [1.82, 2.24) is 5.32 Å². The smallest absolute Gasteiger partial charge is 0.408 e. The molecule has 0 radical (unpaired) electrons. The molecule has 0 spiro atoms. The number of ether oxygens (including phenoxy) is 2. The number of nitroso groups, excluding NO2 is 1. The van der Waals surface area contributed by atoms with Gasteiger partial charge in [0.2, 0.25) is 5.91 Å². The fraction of sp³-hybridized carbons (Fsp3) is 0.222.